The van der Waals surface area contributed by atoms with E-state index >= 15 is 0 Å². The number of hydrogen-bond donors (Lipinski definition) is 1. The third kappa shape index (κ3) is 10.3. The predicted molar refractivity (Wildman–Crippen MR) is 213 cm³/mol. The molecule has 278 valence electrons. The van der Waals surface area contributed by atoms with Crippen molar-refractivity contribution in [1.29, 1.82) is 0 Å². The number of hydrogen-bond acceptors (Lipinski definition) is 8. The molecule has 0 atom stereocenters. The molecular formula is C39H38Br2N2O8S2. The molecule has 6 rings (SSSR count). The molecule has 53 heavy (non-hydrogen) atoms. The van der Waals surface area contributed by atoms with E-state index in [-0.39, 0.29) is 18.6 Å². The van der Waals surface area contributed by atoms with Gasteiger partial charge >= 0.3 is 5.89 Å². The van der Waals surface area contributed by atoms with E-state index in [9.17, 15) is 25.9 Å². The monoisotopic (exact) mass is 884 g/mol. The molecular weight excluding hydrogens is 848 g/mol. The SMILES string of the molecule is CCC(=Cc1oc2ccc(-c3ccc(Br)cc3)cc2[n+]1CCCCS(=O)(=O)O)C=C1Oc2ccc(-c3ccc(Br)cc3)cc2N1CCCCS(=O)(=O)[O-]. The highest BCUT2D eigenvalue weighted by atomic mass is 79.9. The Labute approximate surface area is 326 Å². The molecule has 0 bridgehead atoms. The number of allylic oxidation sites excluding steroid dienone is 2. The molecule has 0 unspecified atom stereocenters. The van der Waals surface area contributed by atoms with E-state index in [1.54, 1.807) is 0 Å². The number of oxazole rings is 1. The predicted octanol–water partition coefficient (Wildman–Crippen LogP) is 9.11. The number of unbranched alkanes of at least 4 members (excludes halogenated alkanes) is 2. The van der Waals surface area contributed by atoms with Crippen molar-refractivity contribution in [2.75, 3.05) is 23.0 Å². The highest BCUT2D eigenvalue weighted by Crippen LogP contribution is 2.42. The number of nitrogens with zero attached hydrogens (tertiary/aromatic N) is 2. The summed E-state index contributed by atoms with van der Waals surface area (Å²) in [6.45, 7) is 2.89. The van der Waals surface area contributed by atoms with Gasteiger partial charge in [-0.05, 0) is 96.0 Å². The van der Waals surface area contributed by atoms with Crippen molar-refractivity contribution < 1.29 is 39.7 Å². The fourth-order valence-corrected chi connectivity index (χ4v) is 7.84. The first-order chi connectivity index (χ1) is 25.3. The molecule has 10 nitrogen and oxygen atoms in total. The van der Waals surface area contributed by atoms with Gasteiger partial charge in [0.15, 0.2) is 12.3 Å². The number of aromatic nitrogens is 1. The van der Waals surface area contributed by atoms with E-state index in [0.29, 0.717) is 55.5 Å². The lowest BCUT2D eigenvalue weighted by molar-refractivity contribution is -0.678. The van der Waals surface area contributed by atoms with E-state index < -0.39 is 26.0 Å². The zero-order valence-electron chi connectivity index (χ0n) is 28.9. The second kappa shape index (κ2) is 16.7. The molecule has 1 aromatic heterocycles. The lowest BCUT2D eigenvalue weighted by Crippen LogP contribution is -2.35. The quantitative estimate of drug-likeness (QED) is 0.0619. The third-order valence-electron chi connectivity index (χ3n) is 8.90. The summed E-state index contributed by atoms with van der Waals surface area (Å²) in [6.07, 6.45) is 5.91. The van der Waals surface area contributed by atoms with Gasteiger partial charge < -0.3 is 18.6 Å². The van der Waals surface area contributed by atoms with Crippen LogP contribution in [0.4, 0.5) is 5.69 Å². The van der Waals surface area contributed by atoms with Crippen LogP contribution in [-0.4, -0.2) is 44.0 Å². The van der Waals surface area contributed by atoms with E-state index in [4.69, 9.17) is 9.15 Å². The second-order valence-electron chi connectivity index (χ2n) is 12.7. The molecule has 0 spiro atoms. The van der Waals surface area contributed by atoms with E-state index in [1.807, 2.05) is 107 Å². The molecule has 2 heterocycles. The summed E-state index contributed by atoms with van der Waals surface area (Å²) in [7, 11) is -8.42. The van der Waals surface area contributed by atoms with Crippen LogP contribution in [-0.2, 0) is 26.8 Å². The number of fused-ring (bicyclic) bond motifs is 2. The minimum atomic E-state index is -4.33. The Balaban J connectivity index is 1.37. The van der Waals surface area contributed by atoms with Crippen molar-refractivity contribution in [3.8, 4) is 28.0 Å². The van der Waals surface area contributed by atoms with Crippen molar-refractivity contribution in [2.24, 2.45) is 0 Å². The zero-order chi connectivity index (χ0) is 37.8. The summed E-state index contributed by atoms with van der Waals surface area (Å²) in [6, 6.07) is 27.9. The van der Waals surface area contributed by atoms with Gasteiger partial charge in [0, 0.05) is 39.8 Å². The van der Waals surface area contributed by atoms with Gasteiger partial charge in [-0.2, -0.15) is 13.0 Å². The molecule has 0 saturated heterocycles. The van der Waals surface area contributed by atoms with Gasteiger partial charge in [-0.25, -0.2) is 8.42 Å². The molecule has 0 amide bonds. The van der Waals surface area contributed by atoms with Gasteiger partial charge in [-0.15, -0.1) is 0 Å². The second-order valence-corrected chi connectivity index (χ2v) is 17.7. The largest absolute Gasteiger partial charge is 0.748 e. The molecule has 14 heteroatoms. The van der Waals surface area contributed by atoms with Crippen LogP contribution in [0.25, 0.3) is 39.4 Å². The summed E-state index contributed by atoms with van der Waals surface area (Å²) < 4.78 is 83.0. The van der Waals surface area contributed by atoms with Crippen molar-refractivity contribution in [3.05, 3.63) is 117 Å². The van der Waals surface area contributed by atoms with Gasteiger partial charge in [0.25, 0.3) is 15.6 Å². The Morgan fingerprint density at radius 1 is 0.811 bits per heavy atom. The van der Waals surface area contributed by atoms with Crippen molar-refractivity contribution >= 4 is 75.0 Å². The van der Waals surface area contributed by atoms with Gasteiger partial charge in [-0.1, -0.05) is 75.2 Å². The number of benzene rings is 4. The van der Waals surface area contributed by atoms with Gasteiger partial charge in [-0.3, -0.25) is 4.55 Å². The summed E-state index contributed by atoms with van der Waals surface area (Å²) in [5, 5.41) is 0. The minimum Gasteiger partial charge on any atom is -0.748 e. The molecule has 4 aromatic carbocycles. The zero-order valence-corrected chi connectivity index (χ0v) is 33.7. The van der Waals surface area contributed by atoms with Crippen molar-refractivity contribution in [2.45, 2.75) is 45.6 Å². The Morgan fingerprint density at radius 2 is 1.42 bits per heavy atom. The van der Waals surface area contributed by atoms with Crippen LogP contribution in [0.5, 0.6) is 5.75 Å². The van der Waals surface area contributed by atoms with Gasteiger partial charge in [0.2, 0.25) is 11.5 Å². The molecule has 5 aromatic rings. The van der Waals surface area contributed by atoms with Crippen LogP contribution in [0.3, 0.4) is 0 Å². The number of anilines is 1. The smallest absolute Gasteiger partial charge is 0.374 e. The number of rotatable bonds is 15. The number of ether oxygens (including phenoxy) is 1. The maximum absolute atomic E-state index is 11.4. The van der Waals surface area contributed by atoms with Crippen LogP contribution < -0.4 is 14.2 Å². The first kappa shape index (κ1) is 38.9. The first-order valence-electron chi connectivity index (χ1n) is 17.1. The fraction of sp³-hybridized carbons (Fsp3) is 0.256. The van der Waals surface area contributed by atoms with Gasteiger partial charge in [0.1, 0.15) is 0 Å². The molecule has 0 saturated carbocycles. The number of aryl methyl sites for hydroxylation is 1. The highest BCUT2D eigenvalue weighted by molar-refractivity contribution is 9.10. The highest BCUT2D eigenvalue weighted by Gasteiger charge is 2.28. The van der Waals surface area contributed by atoms with E-state index in [0.717, 1.165) is 48.0 Å². The Kier molecular flexibility index (Phi) is 12.3. The lowest BCUT2D eigenvalue weighted by atomic mass is 10.0. The maximum Gasteiger partial charge on any atom is 0.374 e. The van der Waals surface area contributed by atoms with Crippen LogP contribution in [0, 0.1) is 0 Å². The molecule has 0 radical (unpaired) electrons. The molecule has 1 aliphatic heterocycles. The Bertz CT molecular complexity index is 2390. The first-order valence-corrected chi connectivity index (χ1v) is 21.9. The summed E-state index contributed by atoms with van der Waals surface area (Å²) in [4.78, 5) is 2.01. The van der Waals surface area contributed by atoms with Crippen molar-refractivity contribution in [3.63, 3.8) is 0 Å². The fourth-order valence-electron chi connectivity index (χ4n) is 6.19. The standard InChI is InChI=1S/C39H38Br2N2O8S2/c1-2-27(23-38-42(19-3-5-21-52(44,45)46)34-25-30(11-17-36(34)50-38)28-7-13-32(40)14-8-28)24-39-43(20-4-6-22-53(47,48)49)35-26-31(12-18-37(35)51-39)29-9-15-33(41)16-10-29/h7-18,23-26H,2-6,19-22H2,1H3,(H-,44,45,46,47,48,49). The van der Waals surface area contributed by atoms with Gasteiger partial charge in [0.05, 0.1) is 27.6 Å². The van der Waals surface area contributed by atoms with Crippen LogP contribution in [0.1, 0.15) is 44.9 Å². The van der Waals surface area contributed by atoms with Crippen LogP contribution >= 0.6 is 31.9 Å². The Hall–Kier alpha value is -3.79. The molecule has 1 aliphatic rings. The van der Waals surface area contributed by atoms with Crippen LogP contribution in [0.2, 0.25) is 0 Å². The van der Waals surface area contributed by atoms with Crippen LogP contribution in [0.15, 0.2) is 116 Å². The normalized spacial score (nSPS) is 14.2. The summed E-state index contributed by atoms with van der Waals surface area (Å²) in [5.41, 5.74) is 7.24. The number of halogens is 2. The van der Waals surface area contributed by atoms with Crippen molar-refractivity contribution in [1.82, 2.24) is 0 Å². The molecule has 1 N–H and O–H groups in total. The Morgan fingerprint density at radius 3 is 2.04 bits per heavy atom. The molecule has 0 fully saturated rings. The minimum absolute atomic E-state index is 0.215. The topological polar surface area (TPSA) is 141 Å². The summed E-state index contributed by atoms with van der Waals surface area (Å²) >= 11 is 6.99. The molecule has 0 aliphatic carbocycles. The van der Waals surface area contributed by atoms with E-state index in [1.165, 1.54) is 0 Å². The lowest BCUT2D eigenvalue weighted by Gasteiger charge is -2.19. The summed E-state index contributed by atoms with van der Waals surface area (Å²) in [5.74, 6) is 1.00. The average molecular weight is 887 g/mol. The maximum atomic E-state index is 11.4. The average Bonchev–Trinajstić information content (AvgIpc) is 3.63. The van der Waals surface area contributed by atoms with E-state index in [2.05, 4.69) is 37.9 Å². The third-order valence-corrected chi connectivity index (χ3v) is 11.6.